The second kappa shape index (κ2) is 6.95. The molecule has 0 aliphatic heterocycles. The molecule has 0 fully saturated rings. The van der Waals surface area contributed by atoms with Crippen molar-refractivity contribution < 1.29 is 9.53 Å². The summed E-state index contributed by atoms with van der Waals surface area (Å²) in [5.74, 6) is 1.59. The van der Waals surface area contributed by atoms with E-state index < -0.39 is 0 Å². The van der Waals surface area contributed by atoms with E-state index in [-0.39, 0.29) is 5.91 Å². The molecule has 0 bridgehead atoms. The quantitative estimate of drug-likeness (QED) is 0.569. The van der Waals surface area contributed by atoms with Crippen LogP contribution in [0.4, 0.5) is 5.82 Å². The normalized spacial score (nSPS) is 10.9. The lowest BCUT2D eigenvalue weighted by atomic mass is 10.2. The van der Waals surface area contributed by atoms with Crippen LogP contribution < -0.4 is 10.1 Å². The Labute approximate surface area is 156 Å². The number of methoxy groups -OCH3 is 1. The van der Waals surface area contributed by atoms with Crippen molar-refractivity contribution in [3.63, 3.8) is 0 Å². The van der Waals surface area contributed by atoms with E-state index in [0.717, 1.165) is 23.1 Å². The molecule has 27 heavy (non-hydrogen) atoms. The van der Waals surface area contributed by atoms with Gasteiger partial charge in [0.2, 0.25) is 5.95 Å². The van der Waals surface area contributed by atoms with Gasteiger partial charge in [0.15, 0.2) is 0 Å². The van der Waals surface area contributed by atoms with Crippen molar-refractivity contribution in [2.24, 2.45) is 0 Å². The van der Waals surface area contributed by atoms with E-state index in [1.807, 2.05) is 37.3 Å². The maximum absolute atomic E-state index is 12.6. The SMILES string of the molecule is CCc1cc(NC(=O)c2ccc(OC)cc2)n(-c2nc3ccccc3[nH]2)n1. The van der Waals surface area contributed by atoms with Gasteiger partial charge in [-0.15, -0.1) is 0 Å². The monoisotopic (exact) mass is 361 g/mol. The highest BCUT2D eigenvalue weighted by Gasteiger charge is 2.15. The fraction of sp³-hybridized carbons (Fsp3) is 0.150. The molecule has 0 atom stereocenters. The maximum atomic E-state index is 12.6. The third kappa shape index (κ3) is 3.27. The number of benzene rings is 2. The summed E-state index contributed by atoms with van der Waals surface area (Å²) >= 11 is 0. The Bertz CT molecular complexity index is 1060. The Kier molecular flexibility index (Phi) is 4.33. The molecule has 0 aliphatic carbocycles. The van der Waals surface area contributed by atoms with Gasteiger partial charge >= 0.3 is 0 Å². The first-order valence-electron chi connectivity index (χ1n) is 8.67. The molecule has 4 rings (SSSR count). The van der Waals surface area contributed by atoms with E-state index in [0.29, 0.717) is 23.1 Å². The van der Waals surface area contributed by atoms with Crippen molar-refractivity contribution in [3.8, 4) is 11.7 Å². The Hall–Kier alpha value is -3.61. The number of para-hydroxylation sites is 2. The summed E-state index contributed by atoms with van der Waals surface area (Å²) in [5.41, 5.74) is 3.15. The van der Waals surface area contributed by atoms with Crippen LogP contribution in [0, 0.1) is 0 Å². The number of fused-ring (bicyclic) bond motifs is 1. The average molecular weight is 361 g/mol. The second-order valence-electron chi connectivity index (χ2n) is 6.05. The zero-order chi connectivity index (χ0) is 18.8. The number of H-pyrrole nitrogens is 1. The minimum absolute atomic E-state index is 0.224. The van der Waals surface area contributed by atoms with Gasteiger partial charge in [0, 0.05) is 11.6 Å². The van der Waals surface area contributed by atoms with E-state index >= 15 is 0 Å². The molecule has 2 N–H and O–H groups in total. The van der Waals surface area contributed by atoms with Crippen LogP contribution in [0.3, 0.4) is 0 Å². The Morgan fingerprint density at radius 1 is 1.19 bits per heavy atom. The molecule has 2 aromatic heterocycles. The highest BCUT2D eigenvalue weighted by molar-refractivity contribution is 6.04. The van der Waals surface area contributed by atoms with Gasteiger partial charge in [0.05, 0.1) is 23.8 Å². The van der Waals surface area contributed by atoms with Crippen molar-refractivity contribution in [2.75, 3.05) is 12.4 Å². The summed E-state index contributed by atoms with van der Waals surface area (Å²) in [6.45, 7) is 2.01. The molecule has 0 aliphatic rings. The first-order chi connectivity index (χ1) is 13.2. The predicted molar refractivity (Wildman–Crippen MR) is 104 cm³/mol. The summed E-state index contributed by atoms with van der Waals surface area (Å²) in [6, 6.07) is 16.5. The van der Waals surface area contributed by atoms with Crippen molar-refractivity contribution in [3.05, 3.63) is 65.9 Å². The van der Waals surface area contributed by atoms with E-state index in [4.69, 9.17) is 4.74 Å². The predicted octanol–water partition coefficient (Wildman–Crippen LogP) is 3.57. The lowest BCUT2D eigenvalue weighted by Crippen LogP contribution is -2.15. The fourth-order valence-electron chi connectivity index (χ4n) is 2.82. The maximum Gasteiger partial charge on any atom is 0.256 e. The number of imidazole rings is 1. The number of nitrogens with one attached hydrogen (secondary N) is 2. The molecule has 0 radical (unpaired) electrons. The van der Waals surface area contributed by atoms with Crippen molar-refractivity contribution in [2.45, 2.75) is 13.3 Å². The first-order valence-corrected chi connectivity index (χ1v) is 8.67. The number of carbonyl (C=O) groups excluding carboxylic acids is 1. The highest BCUT2D eigenvalue weighted by atomic mass is 16.5. The molecule has 1 amide bonds. The van der Waals surface area contributed by atoms with Crippen LogP contribution in [0.5, 0.6) is 5.75 Å². The highest BCUT2D eigenvalue weighted by Crippen LogP contribution is 2.20. The zero-order valence-electron chi connectivity index (χ0n) is 15.1. The molecule has 4 aromatic rings. The Morgan fingerprint density at radius 2 is 1.96 bits per heavy atom. The van der Waals surface area contributed by atoms with Crippen LogP contribution in [0.1, 0.15) is 23.0 Å². The summed E-state index contributed by atoms with van der Waals surface area (Å²) < 4.78 is 6.76. The summed E-state index contributed by atoms with van der Waals surface area (Å²) in [7, 11) is 1.59. The number of aromatic nitrogens is 4. The zero-order valence-corrected chi connectivity index (χ0v) is 15.1. The van der Waals surface area contributed by atoms with Crippen LogP contribution in [-0.2, 0) is 6.42 Å². The number of hydrogen-bond acceptors (Lipinski definition) is 4. The van der Waals surface area contributed by atoms with Crippen molar-refractivity contribution in [1.82, 2.24) is 19.7 Å². The number of ether oxygens (including phenoxy) is 1. The molecule has 0 spiro atoms. The molecular weight excluding hydrogens is 342 g/mol. The minimum Gasteiger partial charge on any atom is -0.497 e. The topological polar surface area (TPSA) is 84.8 Å². The number of nitrogens with zero attached hydrogens (tertiary/aromatic N) is 3. The molecule has 0 unspecified atom stereocenters. The third-order valence-electron chi connectivity index (χ3n) is 4.29. The van der Waals surface area contributed by atoms with E-state index in [9.17, 15) is 4.79 Å². The van der Waals surface area contributed by atoms with E-state index in [1.54, 1.807) is 36.1 Å². The van der Waals surface area contributed by atoms with Gasteiger partial charge in [-0.3, -0.25) is 4.79 Å². The molecule has 0 saturated carbocycles. The lowest BCUT2D eigenvalue weighted by Gasteiger charge is -2.07. The van der Waals surface area contributed by atoms with Gasteiger partial charge in [0.1, 0.15) is 11.6 Å². The Morgan fingerprint density at radius 3 is 2.67 bits per heavy atom. The number of aromatic amines is 1. The van der Waals surface area contributed by atoms with Crippen LogP contribution in [0.15, 0.2) is 54.6 Å². The fourth-order valence-corrected chi connectivity index (χ4v) is 2.82. The summed E-state index contributed by atoms with van der Waals surface area (Å²) in [5, 5.41) is 7.48. The van der Waals surface area contributed by atoms with Gasteiger partial charge in [-0.1, -0.05) is 19.1 Å². The molecular formula is C20H19N5O2. The molecule has 136 valence electrons. The van der Waals surface area contributed by atoms with Crippen LogP contribution in [0.2, 0.25) is 0 Å². The first kappa shape index (κ1) is 16.8. The van der Waals surface area contributed by atoms with Gasteiger partial charge in [-0.2, -0.15) is 9.78 Å². The number of anilines is 1. The van der Waals surface area contributed by atoms with Crippen LogP contribution >= 0.6 is 0 Å². The average Bonchev–Trinajstić information content (AvgIpc) is 3.31. The van der Waals surface area contributed by atoms with Crippen molar-refractivity contribution >= 4 is 22.8 Å². The van der Waals surface area contributed by atoms with Crippen LogP contribution in [-0.4, -0.2) is 32.8 Å². The van der Waals surface area contributed by atoms with Gasteiger partial charge < -0.3 is 15.0 Å². The number of amides is 1. The van der Waals surface area contributed by atoms with Crippen molar-refractivity contribution in [1.29, 1.82) is 0 Å². The molecule has 7 heteroatoms. The number of carbonyl (C=O) groups is 1. The molecule has 7 nitrogen and oxygen atoms in total. The van der Waals surface area contributed by atoms with Gasteiger partial charge in [0.25, 0.3) is 5.91 Å². The second-order valence-corrected chi connectivity index (χ2v) is 6.05. The minimum atomic E-state index is -0.224. The largest absolute Gasteiger partial charge is 0.497 e. The number of rotatable bonds is 5. The molecule has 2 aromatic carbocycles. The smallest absolute Gasteiger partial charge is 0.256 e. The summed E-state index contributed by atoms with van der Waals surface area (Å²) in [6.07, 6.45) is 0.749. The standard InChI is InChI=1S/C20H19N5O2/c1-3-14-12-18(23-19(26)13-8-10-15(27-2)11-9-13)25(24-14)20-21-16-6-4-5-7-17(16)22-20/h4-12H,3H2,1-2H3,(H,21,22)(H,23,26). The van der Waals surface area contributed by atoms with E-state index in [2.05, 4.69) is 20.4 Å². The number of hydrogen-bond donors (Lipinski definition) is 2. The number of aryl methyl sites for hydroxylation is 1. The Balaban J connectivity index is 1.67. The summed E-state index contributed by atoms with van der Waals surface area (Å²) in [4.78, 5) is 20.5. The van der Waals surface area contributed by atoms with Gasteiger partial charge in [-0.05, 0) is 42.8 Å². The molecule has 0 saturated heterocycles. The lowest BCUT2D eigenvalue weighted by molar-refractivity contribution is 0.102. The van der Waals surface area contributed by atoms with Gasteiger partial charge in [-0.25, -0.2) is 4.98 Å². The molecule has 2 heterocycles. The van der Waals surface area contributed by atoms with Crippen LogP contribution in [0.25, 0.3) is 17.0 Å². The third-order valence-corrected chi connectivity index (χ3v) is 4.29. The van der Waals surface area contributed by atoms with E-state index in [1.165, 1.54) is 0 Å².